The van der Waals surface area contributed by atoms with Crippen LogP contribution in [0.2, 0.25) is 0 Å². The summed E-state index contributed by atoms with van der Waals surface area (Å²) in [5.41, 5.74) is -0.0351. The number of hydrogen-bond donors (Lipinski definition) is 1. The van der Waals surface area contributed by atoms with Crippen molar-refractivity contribution < 1.29 is 35.9 Å². The summed E-state index contributed by atoms with van der Waals surface area (Å²) >= 11 is 0. The van der Waals surface area contributed by atoms with Crippen LogP contribution in [0.4, 0.5) is 32.2 Å². The Morgan fingerprint density at radius 3 is 2.48 bits per heavy atom. The lowest BCUT2D eigenvalue weighted by atomic mass is 9.95. The second-order valence-electron chi connectivity index (χ2n) is 7.28. The fraction of sp³-hybridized carbons (Fsp3) is 0.647. The minimum atomic E-state index is -4.70. The number of nitrogens with one attached hydrogen (secondary N) is 1. The van der Waals surface area contributed by atoms with E-state index in [4.69, 9.17) is 0 Å². The highest BCUT2D eigenvalue weighted by Crippen LogP contribution is 2.28. The van der Waals surface area contributed by atoms with Gasteiger partial charge in [0, 0.05) is 25.0 Å². The van der Waals surface area contributed by atoms with Crippen molar-refractivity contribution in [1.82, 2.24) is 25.1 Å². The van der Waals surface area contributed by atoms with Crippen LogP contribution in [0, 0.1) is 5.92 Å². The van der Waals surface area contributed by atoms with Gasteiger partial charge in [0.05, 0.1) is 6.61 Å². The summed E-state index contributed by atoms with van der Waals surface area (Å²) in [6.07, 6.45) is -8.30. The average molecular weight is 454 g/mol. The van der Waals surface area contributed by atoms with E-state index >= 15 is 0 Å². The van der Waals surface area contributed by atoms with Gasteiger partial charge in [-0.1, -0.05) is 0 Å². The van der Waals surface area contributed by atoms with E-state index in [0.717, 1.165) is 0 Å². The standard InChI is InChI=1S/C17H20F6N6O2/c1-10(8-31-9-16(18,19)20)24-14(30)11-4-6-28(7-5-11)13-3-2-12-25-26-15(17(21,22)23)29(12)27-13/h2-3,10-11H,4-9H2,1H3,(H,24,30). The molecule has 1 amide bonds. The van der Waals surface area contributed by atoms with E-state index in [0.29, 0.717) is 36.3 Å². The zero-order valence-electron chi connectivity index (χ0n) is 16.4. The van der Waals surface area contributed by atoms with Crippen LogP contribution in [0.5, 0.6) is 0 Å². The van der Waals surface area contributed by atoms with E-state index < -0.39 is 30.8 Å². The molecular formula is C17H20F6N6O2. The number of carbonyl (C=O) groups excluding carboxylic acids is 1. The van der Waals surface area contributed by atoms with E-state index in [2.05, 4.69) is 25.3 Å². The van der Waals surface area contributed by atoms with Crippen LogP contribution in [0.25, 0.3) is 5.65 Å². The maximum absolute atomic E-state index is 13.0. The van der Waals surface area contributed by atoms with Crippen LogP contribution < -0.4 is 10.2 Å². The third-order valence-electron chi connectivity index (χ3n) is 4.71. The van der Waals surface area contributed by atoms with Gasteiger partial charge in [0.25, 0.3) is 5.82 Å². The van der Waals surface area contributed by atoms with Crippen molar-refractivity contribution in [3.8, 4) is 0 Å². The first-order valence-electron chi connectivity index (χ1n) is 9.43. The molecule has 1 fully saturated rings. The number of nitrogens with zero attached hydrogens (tertiary/aromatic N) is 5. The van der Waals surface area contributed by atoms with Gasteiger partial charge in [0.15, 0.2) is 5.65 Å². The molecule has 1 aliphatic rings. The smallest absolute Gasteiger partial charge is 0.370 e. The molecule has 0 aliphatic carbocycles. The van der Waals surface area contributed by atoms with Gasteiger partial charge in [0.1, 0.15) is 12.4 Å². The highest BCUT2D eigenvalue weighted by molar-refractivity contribution is 5.79. The molecule has 2 aromatic rings. The van der Waals surface area contributed by atoms with E-state index in [1.54, 1.807) is 11.8 Å². The van der Waals surface area contributed by atoms with E-state index in [1.165, 1.54) is 12.1 Å². The van der Waals surface area contributed by atoms with Crippen molar-refractivity contribution in [3.05, 3.63) is 18.0 Å². The number of piperidine rings is 1. The Labute approximate surface area is 172 Å². The maximum atomic E-state index is 13.0. The van der Waals surface area contributed by atoms with Crippen molar-refractivity contribution in [3.63, 3.8) is 0 Å². The van der Waals surface area contributed by atoms with Crippen molar-refractivity contribution in [2.75, 3.05) is 31.2 Å². The molecule has 3 rings (SSSR count). The van der Waals surface area contributed by atoms with Crippen LogP contribution >= 0.6 is 0 Å². The van der Waals surface area contributed by atoms with Crippen molar-refractivity contribution in [2.24, 2.45) is 5.92 Å². The van der Waals surface area contributed by atoms with E-state index in [1.807, 2.05) is 0 Å². The first-order chi connectivity index (χ1) is 14.4. The number of carbonyl (C=O) groups is 1. The topological polar surface area (TPSA) is 84.6 Å². The summed E-state index contributed by atoms with van der Waals surface area (Å²) in [5, 5.41) is 13.2. The molecule has 31 heavy (non-hydrogen) atoms. The van der Waals surface area contributed by atoms with Gasteiger partial charge in [-0.05, 0) is 31.9 Å². The lowest BCUT2D eigenvalue weighted by Crippen LogP contribution is -2.44. The molecule has 3 heterocycles. The summed E-state index contributed by atoms with van der Waals surface area (Å²) in [7, 11) is 0. The monoisotopic (exact) mass is 454 g/mol. The molecule has 0 saturated carbocycles. The molecule has 1 aliphatic heterocycles. The second-order valence-corrected chi connectivity index (χ2v) is 7.28. The summed E-state index contributed by atoms with van der Waals surface area (Å²) in [5.74, 6) is -1.60. The van der Waals surface area contributed by atoms with E-state index in [9.17, 15) is 31.1 Å². The molecule has 0 spiro atoms. The molecule has 0 aromatic carbocycles. The minimum Gasteiger partial charge on any atom is -0.370 e. The van der Waals surface area contributed by atoms with Crippen LogP contribution in [0.1, 0.15) is 25.6 Å². The number of rotatable bonds is 6. The molecule has 172 valence electrons. The van der Waals surface area contributed by atoms with Gasteiger partial charge >= 0.3 is 12.4 Å². The number of amides is 1. The molecule has 1 saturated heterocycles. The quantitative estimate of drug-likeness (QED) is 0.676. The largest absolute Gasteiger partial charge is 0.453 e. The average Bonchev–Trinajstić information content (AvgIpc) is 3.10. The van der Waals surface area contributed by atoms with Gasteiger partial charge in [-0.15, -0.1) is 15.3 Å². The first kappa shape index (κ1) is 23.0. The molecule has 14 heteroatoms. The molecule has 1 N–H and O–H groups in total. The van der Waals surface area contributed by atoms with Crippen LogP contribution in [-0.4, -0.2) is 64.2 Å². The number of anilines is 1. The van der Waals surface area contributed by atoms with Gasteiger partial charge in [-0.25, -0.2) is 0 Å². The molecule has 0 bridgehead atoms. The first-order valence-corrected chi connectivity index (χ1v) is 9.43. The predicted octanol–water partition coefficient (Wildman–Crippen LogP) is 2.44. The van der Waals surface area contributed by atoms with Gasteiger partial charge in [0.2, 0.25) is 5.91 Å². The highest BCUT2D eigenvalue weighted by Gasteiger charge is 2.38. The molecule has 1 atom stereocenters. The maximum Gasteiger partial charge on any atom is 0.453 e. The summed E-state index contributed by atoms with van der Waals surface area (Å²) in [4.78, 5) is 14.1. The molecule has 8 nitrogen and oxygen atoms in total. The summed E-state index contributed by atoms with van der Waals surface area (Å²) < 4.78 is 80.5. The molecule has 1 unspecified atom stereocenters. The number of ether oxygens (including phenoxy) is 1. The summed E-state index contributed by atoms with van der Waals surface area (Å²) in [6, 6.07) is 2.32. The third kappa shape index (κ3) is 5.95. The van der Waals surface area contributed by atoms with Crippen LogP contribution in [0.3, 0.4) is 0 Å². The van der Waals surface area contributed by atoms with Crippen molar-refractivity contribution in [2.45, 2.75) is 38.2 Å². The van der Waals surface area contributed by atoms with Gasteiger partial charge < -0.3 is 15.0 Å². The Bertz CT molecular complexity index is 907. The highest BCUT2D eigenvalue weighted by atomic mass is 19.4. The number of alkyl halides is 6. The van der Waals surface area contributed by atoms with Crippen LogP contribution in [-0.2, 0) is 15.7 Å². The van der Waals surface area contributed by atoms with E-state index in [-0.39, 0.29) is 24.1 Å². The number of halogens is 6. The number of fused-ring (bicyclic) bond motifs is 1. The summed E-state index contributed by atoms with van der Waals surface area (Å²) in [6.45, 7) is 0.637. The zero-order valence-corrected chi connectivity index (χ0v) is 16.4. The minimum absolute atomic E-state index is 0.0351. The second kappa shape index (κ2) is 8.85. The van der Waals surface area contributed by atoms with Crippen LogP contribution in [0.15, 0.2) is 12.1 Å². The Hall–Kier alpha value is -2.64. The molecular weight excluding hydrogens is 434 g/mol. The Balaban J connectivity index is 1.54. The van der Waals surface area contributed by atoms with Gasteiger partial charge in [-0.3, -0.25) is 4.79 Å². The molecule has 0 radical (unpaired) electrons. The number of hydrogen-bond acceptors (Lipinski definition) is 6. The number of aromatic nitrogens is 4. The SMILES string of the molecule is CC(COCC(F)(F)F)NC(=O)C1CCN(c2ccc3nnc(C(F)(F)F)n3n2)CC1. The zero-order chi connectivity index (χ0) is 22.8. The van der Waals surface area contributed by atoms with Crippen molar-refractivity contribution in [1.29, 1.82) is 0 Å². The fourth-order valence-corrected chi connectivity index (χ4v) is 3.25. The lowest BCUT2D eigenvalue weighted by molar-refractivity contribution is -0.175. The lowest BCUT2D eigenvalue weighted by Gasteiger charge is -2.32. The van der Waals surface area contributed by atoms with Gasteiger partial charge in [-0.2, -0.15) is 30.9 Å². The fourth-order valence-electron chi connectivity index (χ4n) is 3.25. The molecule has 2 aromatic heterocycles. The van der Waals surface area contributed by atoms with Crippen molar-refractivity contribution >= 4 is 17.4 Å². The Morgan fingerprint density at radius 2 is 1.87 bits per heavy atom. The third-order valence-corrected chi connectivity index (χ3v) is 4.71. The Morgan fingerprint density at radius 1 is 1.19 bits per heavy atom. The predicted molar refractivity (Wildman–Crippen MR) is 95.2 cm³/mol. The Kier molecular flexibility index (Phi) is 6.57. The normalized spacial score (nSPS) is 17.2.